The molecular weight excluding hydrogens is 258 g/mol. The number of aromatic nitrogens is 1. The van der Waals surface area contributed by atoms with Crippen LogP contribution in [0.25, 0.3) is 0 Å². The van der Waals surface area contributed by atoms with E-state index >= 15 is 0 Å². The lowest BCUT2D eigenvalue weighted by molar-refractivity contribution is -0.385. The smallest absolute Gasteiger partial charge is 0.305 e. The summed E-state index contributed by atoms with van der Waals surface area (Å²) >= 11 is 1.16. The molecule has 0 bridgehead atoms. The lowest BCUT2D eigenvalue weighted by Gasteiger charge is -2.07. The summed E-state index contributed by atoms with van der Waals surface area (Å²) in [5, 5.41) is 28.1. The molecule has 0 aromatic carbocycles. The highest BCUT2D eigenvalue weighted by Gasteiger charge is 2.17. The molecule has 0 saturated heterocycles. The molecule has 94 valence electrons. The van der Waals surface area contributed by atoms with Gasteiger partial charge in [0.2, 0.25) is 5.69 Å². The zero-order valence-electron chi connectivity index (χ0n) is 9.36. The summed E-state index contributed by atoms with van der Waals surface area (Å²) in [5.74, 6) is -0.933. The Morgan fingerprint density at radius 1 is 1.72 bits per heavy atom. The number of nitrogens with zero attached hydrogens (tertiary/aromatic N) is 3. The lowest BCUT2D eigenvalue weighted by atomic mass is 10.3. The molecular formula is C10H9N3O4S. The molecule has 0 radical (unpaired) electrons. The number of nitro groups is 1. The van der Waals surface area contributed by atoms with Gasteiger partial charge in [0.1, 0.15) is 6.07 Å². The van der Waals surface area contributed by atoms with E-state index in [-0.39, 0.29) is 23.1 Å². The molecule has 0 spiro atoms. The average molecular weight is 267 g/mol. The Labute approximate surface area is 107 Å². The lowest BCUT2D eigenvalue weighted by Crippen LogP contribution is -2.06. The molecule has 1 unspecified atom stereocenters. The van der Waals surface area contributed by atoms with Gasteiger partial charge in [0.15, 0.2) is 0 Å². The Balaban J connectivity index is 2.90. The first-order chi connectivity index (χ1) is 8.43. The van der Waals surface area contributed by atoms with Crippen LogP contribution in [0.4, 0.5) is 5.69 Å². The van der Waals surface area contributed by atoms with Crippen LogP contribution in [0.1, 0.15) is 19.0 Å². The number of pyridine rings is 1. The van der Waals surface area contributed by atoms with Gasteiger partial charge in [0, 0.05) is 11.3 Å². The third-order valence-electron chi connectivity index (χ3n) is 1.94. The highest BCUT2D eigenvalue weighted by Crippen LogP contribution is 2.26. The topological polar surface area (TPSA) is 117 Å². The normalized spacial score (nSPS) is 11.6. The highest BCUT2D eigenvalue weighted by atomic mass is 32.2. The SMILES string of the molecule is CC(CC(=O)O)Sc1ccc([N+](=O)[O-])c(C#N)n1. The molecule has 0 saturated carbocycles. The molecule has 0 amide bonds. The van der Waals surface area contributed by atoms with E-state index < -0.39 is 10.9 Å². The fourth-order valence-corrected chi connectivity index (χ4v) is 2.15. The van der Waals surface area contributed by atoms with Crippen molar-refractivity contribution in [3.63, 3.8) is 0 Å². The van der Waals surface area contributed by atoms with Gasteiger partial charge in [-0.05, 0) is 6.07 Å². The van der Waals surface area contributed by atoms with Crippen LogP contribution in [0.3, 0.4) is 0 Å². The zero-order valence-corrected chi connectivity index (χ0v) is 10.2. The van der Waals surface area contributed by atoms with Gasteiger partial charge in [-0.25, -0.2) is 4.98 Å². The number of carbonyl (C=O) groups is 1. The number of aliphatic carboxylic acids is 1. The van der Waals surface area contributed by atoms with Crippen molar-refractivity contribution in [1.82, 2.24) is 4.98 Å². The van der Waals surface area contributed by atoms with Crippen molar-refractivity contribution in [2.75, 3.05) is 0 Å². The predicted molar refractivity (Wildman–Crippen MR) is 63.2 cm³/mol. The molecule has 0 fully saturated rings. The Morgan fingerprint density at radius 2 is 2.39 bits per heavy atom. The van der Waals surface area contributed by atoms with E-state index in [0.717, 1.165) is 11.8 Å². The fourth-order valence-electron chi connectivity index (χ4n) is 1.22. The van der Waals surface area contributed by atoms with Gasteiger partial charge in [-0.1, -0.05) is 6.92 Å². The largest absolute Gasteiger partial charge is 0.481 e. The molecule has 0 aliphatic rings. The van der Waals surface area contributed by atoms with Crippen LogP contribution in [0, 0.1) is 21.4 Å². The van der Waals surface area contributed by atoms with Crippen molar-refractivity contribution >= 4 is 23.4 Å². The molecule has 18 heavy (non-hydrogen) atoms. The van der Waals surface area contributed by atoms with E-state index in [2.05, 4.69) is 4.98 Å². The Morgan fingerprint density at radius 3 is 2.89 bits per heavy atom. The van der Waals surface area contributed by atoms with Crippen LogP contribution in [0.2, 0.25) is 0 Å². The zero-order chi connectivity index (χ0) is 13.7. The minimum absolute atomic E-state index is 0.0504. The summed E-state index contributed by atoms with van der Waals surface area (Å²) in [6, 6.07) is 4.25. The Bertz CT molecular complexity index is 526. The van der Waals surface area contributed by atoms with Gasteiger partial charge >= 0.3 is 11.7 Å². The van der Waals surface area contributed by atoms with Crippen molar-refractivity contribution in [1.29, 1.82) is 5.26 Å². The van der Waals surface area contributed by atoms with Gasteiger partial charge < -0.3 is 5.11 Å². The van der Waals surface area contributed by atoms with E-state index in [0.29, 0.717) is 5.03 Å². The number of hydrogen-bond acceptors (Lipinski definition) is 6. The fraction of sp³-hybridized carbons (Fsp3) is 0.300. The first-order valence-electron chi connectivity index (χ1n) is 4.88. The number of carboxylic acids is 1. The number of nitriles is 1. The molecule has 1 N–H and O–H groups in total. The predicted octanol–water partition coefficient (Wildman–Crippen LogP) is 1.82. The molecule has 1 heterocycles. The van der Waals surface area contributed by atoms with Crippen LogP contribution in [-0.4, -0.2) is 26.2 Å². The molecule has 0 aliphatic carbocycles. The van der Waals surface area contributed by atoms with Crippen molar-refractivity contribution in [3.8, 4) is 6.07 Å². The van der Waals surface area contributed by atoms with Gasteiger partial charge in [-0.2, -0.15) is 5.26 Å². The van der Waals surface area contributed by atoms with Crippen LogP contribution >= 0.6 is 11.8 Å². The van der Waals surface area contributed by atoms with Crippen LogP contribution in [-0.2, 0) is 4.79 Å². The summed E-state index contributed by atoms with van der Waals surface area (Å²) < 4.78 is 0. The number of thioether (sulfide) groups is 1. The van der Waals surface area contributed by atoms with E-state index in [1.807, 2.05) is 0 Å². The van der Waals surface area contributed by atoms with Crippen molar-refractivity contribution < 1.29 is 14.8 Å². The summed E-state index contributed by atoms with van der Waals surface area (Å²) in [4.78, 5) is 24.2. The molecule has 1 rings (SSSR count). The standard InChI is InChI=1S/C10H9N3O4S/c1-6(4-10(14)15)18-9-3-2-8(13(16)17)7(5-11)12-9/h2-3,6H,4H2,1H3,(H,14,15). The maximum absolute atomic E-state index is 10.6. The molecule has 1 aromatic heterocycles. The summed E-state index contributed by atoms with van der Waals surface area (Å²) in [7, 11) is 0. The average Bonchev–Trinajstić information content (AvgIpc) is 2.27. The minimum Gasteiger partial charge on any atom is -0.481 e. The molecule has 1 aromatic rings. The highest BCUT2D eigenvalue weighted by molar-refractivity contribution is 7.99. The molecule has 0 aliphatic heterocycles. The second-order valence-electron chi connectivity index (χ2n) is 3.41. The first-order valence-corrected chi connectivity index (χ1v) is 5.76. The monoisotopic (exact) mass is 267 g/mol. The van der Waals surface area contributed by atoms with E-state index in [9.17, 15) is 14.9 Å². The Kier molecular flexibility index (Phi) is 4.62. The number of rotatable bonds is 5. The third kappa shape index (κ3) is 3.71. The van der Waals surface area contributed by atoms with Crippen LogP contribution in [0.15, 0.2) is 17.2 Å². The quantitative estimate of drug-likeness (QED) is 0.491. The molecule has 8 heteroatoms. The number of hydrogen-bond donors (Lipinski definition) is 1. The van der Waals surface area contributed by atoms with Crippen LogP contribution < -0.4 is 0 Å². The molecule has 7 nitrogen and oxygen atoms in total. The van der Waals surface area contributed by atoms with Gasteiger partial charge in [-0.15, -0.1) is 11.8 Å². The second kappa shape index (κ2) is 5.97. The van der Waals surface area contributed by atoms with Gasteiger partial charge in [-0.3, -0.25) is 14.9 Å². The third-order valence-corrected chi connectivity index (χ3v) is 2.97. The van der Waals surface area contributed by atoms with Gasteiger partial charge in [0.05, 0.1) is 16.4 Å². The van der Waals surface area contributed by atoms with Crippen molar-refractivity contribution in [2.45, 2.75) is 23.6 Å². The summed E-state index contributed by atoms with van der Waals surface area (Å²) in [6.45, 7) is 1.70. The van der Waals surface area contributed by atoms with Crippen molar-refractivity contribution in [2.24, 2.45) is 0 Å². The maximum atomic E-state index is 10.6. The van der Waals surface area contributed by atoms with Crippen LogP contribution in [0.5, 0.6) is 0 Å². The van der Waals surface area contributed by atoms with E-state index in [1.165, 1.54) is 12.1 Å². The summed E-state index contributed by atoms with van der Waals surface area (Å²) in [5.41, 5.74) is -0.625. The second-order valence-corrected chi connectivity index (χ2v) is 4.87. The maximum Gasteiger partial charge on any atom is 0.305 e. The van der Waals surface area contributed by atoms with Crippen molar-refractivity contribution in [3.05, 3.63) is 27.9 Å². The first kappa shape index (κ1) is 13.9. The summed E-state index contributed by atoms with van der Waals surface area (Å²) in [6.07, 6.45) is -0.0504. The number of carboxylic acid groups (broad SMARTS) is 1. The molecule has 1 atom stereocenters. The minimum atomic E-state index is -0.933. The van der Waals surface area contributed by atoms with Gasteiger partial charge in [0.25, 0.3) is 0 Å². The Hall–Kier alpha value is -2.14. The van der Waals surface area contributed by atoms with E-state index in [1.54, 1.807) is 13.0 Å². The van der Waals surface area contributed by atoms with E-state index in [4.69, 9.17) is 10.4 Å².